The minimum atomic E-state index is -1.81. The summed E-state index contributed by atoms with van der Waals surface area (Å²) in [7, 11) is -1.81. The normalized spacial score (nSPS) is 12.2. The quantitative estimate of drug-likeness (QED) is 0.400. The predicted octanol–water partition coefficient (Wildman–Crippen LogP) is -1.67. The highest BCUT2D eigenvalue weighted by atomic mass is 16.4. The van der Waals surface area contributed by atoms with Crippen LogP contribution in [0.15, 0.2) is 12.1 Å². The van der Waals surface area contributed by atoms with E-state index in [1.807, 2.05) is 0 Å². The topological polar surface area (TPSA) is 124 Å². The van der Waals surface area contributed by atoms with Crippen LogP contribution in [0.5, 0.6) is 5.75 Å². The third-order valence-corrected chi connectivity index (χ3v) is 2.53. The SMILES string of the molecule is Cc1ccc(C[C@H](N)C(=O)O)c(O)c1B(O)O. The lowest BCUT2D eigenvalue weighted by atomic mass is 9.75. The fourth-order valence-electron chi connectivity index (χ4n) is 1.57. The average Bonchev–Trinajstić information content (AvgIpc) is 2.21. The summed E-state index contributed by atoms with van der Waals surface area (Å²) in [4.78, 5) is 10.6. The molecule has 0 heterocycles. The number of aliphatic carboxylic acids is 1. The number of carboxylic acid groups (broad SMARTS) is 1. The van der Waals surface area contributed by atoms with Gasteiger partial charge < -0.3 is 26.0 Å². The Kier molecular flexibility index (Phi) is 4.11. The van der Waals surface area contributed by atoms with Gasteiger partial charge in [-0.3, -0.25) is 4.79 Å². The molecule has 0 spiro atoms. The van der Waals surface area contributed by atoms with Crippen LogP contribution in [0, 0.1) is 6.92 Å². The van der Waals surface area contributed by atoms with Gasteiger partial charge in [0.05, 0.1) is 0 Å². The molecular weight excluding hydrogens is 225 g/mol. The van der Waals surface area contributed by atoms with Gasteiger partial charge in [0.1, 0.15) is 11.8 Å². The minimum Gasteiger partial charge on any atom is -0.508 e. The Hall–Kier alpha value is -1.57. The number of nitrogens with two attached hydrogens (primary N) is 1. The zero-order valence-electron chi connectivity index (χ0n) is 9.29. The fourth-order valence-corrected chi connectivity index (χ4v) is 1.57. The van der Waals surface area contributed by atoms with Gasteiger partial charge in [0.25, 0.3) is 0 Å². The van der Waals surface area contributed by atoms with Gasteiger partial charge in [-0.1, -0.05) is 12.1 Å². The third kappa shape index (κ3) is 2.97. The molecule has 0 aromatic heterocycles. The second kappa shape index (κ2) is 5.18. The van der Waals surface area contributed by atoms with Gasteiger partial charge in [-0.15, -0.1) is 0 Å². The van der Waals surface area contributed by atoms with Gasteiger partial charge in [0.15, 0.2) is 0 Å². The van der Waals surface area contributed by atoms with E-state index in [1.54, 1.807) is 13.0 Å². The Labute approximate surface area is 98.5 Å². The molecule has 0 saturated heterocycles. The summed E-state index contributed by atoms with van der Waals surface area (Å²) in [5, 5.41) is 36.7. The fraction of sp³-hybridized carbons (Fsp3) is 0.300. The summed E-state index contributed by atoms with van der Waals surface area (Å²) in [6, 6.07) is 1.94. The minimum absolute atomic E-state index is 0.0277. The molecule has 6 nitrogen and oxygen atoms in total. The van der Waals surface area contributed by atoms with Crippen LogP contribution in [0.25, 0.3) is 0 Å². The molecule has 0 radical (unpaired) electrons. The molecule has 17 heavy (non-hydrogen) atoms. The number of hydrogen-bond donors (Lipinski definition) is 5. The average molecular weight is 239 g/mol. The van der Waals surface area contributed by atoms with Gasteiger partial charge in [-0.25, -0.2) is 0 Å². The molecule has 92 valence electrons. The molecule has 6 N–H and O–H groups in total. The van der Waals surface area contributed by atoms with E-state index in [9.17, 15) is 9.90 Å². The van der Waals surface area contributed by atoms with Crippen molar-refractivity contribution in [3.63, 3.8) is 0 Å². The number of aromatic hydroxyl groups is 1. The first kappa shape index (κ1) is 13.5. The van der Waals surface area contributed by atoms with E-state index in [1.165, 1.54) is 6.07 Å². The predicted molar refractivity (Wildman–Crippen MR) is 62.0 cm³/mol. The number of benzene rings is 1. The van der Waals surface area contributed by atoms with Crippen LogP contribution >= 0.6 is 0 Å². The number of phenols is 1. The Bertz CT molecular complexity index is 435. The first-order valence-electron chi connectivity index (χ1n) is 5.00. The van der Waals surface area contributed by atoms with Gasteiger partial charge in [-0.2, -0.15) is 0 Å². The molecule has 1 aromatic carbocycles. The smallest absolute Gasteiger partial charge is 0.492 e. The maximum absolute atomic E-state index is 10.6. The van der Waals surface area contributed by atoms with Crippen molar-refractivity contribution in [2.75, 3.05) is 0 Å². The first-order valence-corrected chi connectivity index (χ1v) is 5.00. The van der Waals surface area contributed by atoms with Gasteiger partial charge >= 0.3 is 13.1 Å². The van der Waals surface area contributed by atoms with Crippen molar-refractivity contribution >= 4 is 18.6 Å². The molecule has 1 rings (SSSR count). The lowest BCUT2D eigenvalue weighted by Crippen LogP contribution is -2.35. The Morgan fingerprint density at radius 1 is 1.47 bits per heavy atom. The van der Waals surface area contributed by atoms with Crippen LogP contribution in [0.4, 0.5) is 0 Å². The zero-order valence-corrected chi connectivity index (χ0v) is 9.29. The summed E-state index contributed by atoms with van der Waals surface area (Å²) < 4.78 is 0. The van der Waals surface area contributed by atoms with Gasteiger partial charge in [0, 0.05) is 11.9 Å². The zero-order chi connectivity index (χ0) is 13.2. The number of phenolic OH excluding ortho intramolecular Hbond substituents is 1. The van der Waals surface area contributed by atoms with Crippen molar-refractivity contribution in [1.82, 2.24) is 0 Å². The van der Waals surface area contributed by atoms with Gasteiger partial charge in [-0.05, 0) is 18.1 Å². The molecule has 1 atom stereocenters. The molecule has 0 aliphatic heterocycles. The van der Waals surface area contributed by atoms with Crippen LogP contribution in [-0.2, 0) is 11.2 Å². The second-order valence-electron chi connectivity index (χ2n) is 3.83. The van der Waals surface area contributed by atoms with Crippen LogP contribution in [0.3, 0.4) is 0 Å². The molecule has 0 unspecified atom stereocenters. The molecule has 7 heteroatoms. The highest BCUT2D eigenvalue weighted by molar-refractivity contribution is 6.60. The molecule has 0 saturated carbocycles. The lowest BCUT2D eigenvalue weighted by molar-refractivity contribution is -0.138. The van der Waals surface area contributed by atoms with Crippen LogP contribution in [0.1, 0.15) is 11.1 Å². The molecule has 0 bridgehead atoms. The van der Waals surface area contributed by atoms with Crippen LogP contribution in [0.2, 0.25) is 0 Å². The van der Waals surface area contributed by atoms with Crippen molar-refractivity contribution in [2.45, 2.75) is 19.4 Å². The monoisotopic (exact) mass is 239 g/mol. The Balaban J connectivity index is 3.11. The van der Waals surface area contributed by atoms with E-state index < -0.39 is 19.1 Å². The summed E-state index contributed by atoms with van der Waals surface area (Å²) >= 11 is 0. The highest BCUT2D eigenvalue weighted by Gasteiger charge is 2.23. The molecule has 1 aromatic rings. The maximum Gasteiger partial charge on any atom is 0.492 e. The summed E-state index contributed by atoms with van der Waals surface area (Å²) in [6.07, 6.45) is -0.0822. The molecule has 0 amide bonds. The summed E-state index contributed by atoms with van der Waals surface area (Å²) in [5.74, 6) is -1.51. The standard InChI is InChI=1S/C10H14BNO5/c1-5-2-3-6(4-7(12)10(14)15)9(13)8(5)11(16)17/h2-3,7,13,16-17H,4,12H2,1H3,(H,14,15)/t7-/m0/s1. The largest absolute Gasteiger partial charge is 0.508 e. The van der Waals surface area contributed by atoms with E-state index in [-0.39, 0.29) is 23.2 Å². The number of aryl methyl sites for hydroxylation is 1. The highest BCUT2D eigenvalue weighted by Crippen LogP contribution is 2.18. The van der Waals surface area contributed by atoms with E-state index >= 15 is 0 Å². The number of hydrogen-bond acceptors (Lipinski definition) is 5. The van der Waals surface area contributed by atoms with Crippen molar-refractivity contribution in [2.24, 2.45) is 5.73 Å². The van der Waals surface area contributed by atoms with Crippen molar-refractivity contribution in [1.29, 1.82) is 0 Å². The van der Waals surface area contributed by atoms with Crippen molar-refractivity contribution in [3.05, 3.63) is 23.3 Å². The second-order valence-corrected chi connectivity index (χ2v) is 3.83. The Morgan fingerprint density at radius 3 is 2.53 bits per heavy atom. The van der Waals surface area contributed by atoms with Crippen LogP contribution < -0.4 is 11.2 Å². The van der Waals surface area contributed by atoms with Crippen LogP contribution in [-0.4, -0.2) is 39.4 Å². The molecular formula is C10H14BNO5. The first-order chi connectivity index (χ1) is 7.84. The van der Waals surface area contributed by atoms with E-state index in [0.29, 0.717) is 5.56 Å². The van der Waals surface area contributed by atoms with E-state index in [4.69, 9.17) is 20.9 Å². The number of carboxylic acids is 1. The maximum atomic E-state index is 10.6. The Morgan fingerprint density at radius 2 is 2.06 bits per heavy atom. The number of rotatable bonds is 4. The third-order valence-electron chi connectivity index (χ3n) is 2.53. The van der Waals surface area contributed by atoms with Crippen molar-refractivity contribution in [3.8, 4) is 5.75 Å². The lowest BCUT2D eigenvalue weighted by Gasteiger charge is -2.13. The molecule has 0 fully saturated rings. The summed E-state index contributed by atoms with van der Waals surface area (Å²) in [6.45, 7) is 1.61. The van der Waals surface area contributed by atoms with E-state index in [0.717, 1.165) is 0 Å². The molecule has 0 aliphatic rings. The number of carbonyl (C=O) groups is 1. The van der Waals surface area contributed by atoms with Gasteiger partial charge in [0.2, 0.25) is 0 Å². The van der Waals surface area contributed by atoms with Crippen molar-refractivity contribution < 1.29 is 25.1 Å². The van der Waals surface area contributed by atoms with E-state index in [2.05, 4.69) is 0 Å². The molecule has 0 aliphatic carbocycles. The summed E-state index contributed by atoms with van der Waals surface area (Å²) in [5.41, 5.74) is 6.09.